The van der Waals surface area contributed by atoms with Gasteiger partial charge in [-0.2, -0.15) is 0 Å². The molecule has 0 aromatic rings. The molecule has 0 aromatic heterocycles. The fraction of sp³-hybridized carbons (Fsp3) is 0.800. The van der Waals surface area contributed by atoms with Gasteiger partial charge >= 0.3 is 6.00 Å². The summed E-state index contributed by atoms with van der Waals surface area (Å²) in [6, 6.07) is -2.54. The van der Waals surface area contributed by atoms with Crippen molar-refractivity contribution in [2.45, 2.75) is 51.5 Å². The molecular formula is C10H19Cl3Si. The third-order valence-corrected chi connectivity index (χ3v) is 6.06. The van der Waals surface area contributed by atoms with Gasteiger partial charge in [0.15, 0.2) is 0 Å². The van der Waals surface area contributed by atoms with E-state index < -0.39 is 6.00 Å². The van der Waals surface area contributed by atoms with Gasteiger partial charge in [-0.05, 0) is 13.3 Å². The summed E-state index contributed by atoms with van der Waals surface area (Å²) >= 11 is 18.0. The zero-order valence-corrected chi connectivity index (χ0v) is 12.2. The highest BCUT2D eigenvalue weighted by Gasteiger charge is 2.34. The number of allylic oxidation sites excluding steroid dienone is 2. The molecule has 14 heavy (non-hydrogen) atoms. The third-order valence-electron chi connectivity index (χ3n) is 2.21. The van der Waals surface area contributed by atoms with Gasteiger partial charge in [-0.15, -0.1) is 33.2 Å². The van der Waals surface area contributed by atoms with Gasteiger partial charge in [0, 0.05) is 5.54 Å². The lowest BCUT2D eigenvalue weighted by atomic mass is 10.1. The van der Waals surface area contributed by atoms with Crippen LogP contribution < -0.4 is 0 Å². The molecule has 0 aliphatic rings. The van der Waals surface area contributed by atoms with Crippen molar-refractivity contribution in [1.82, 2.24) is 0 Å². The Labute approximate surface area is 103 Å². The van der Waals surface area contributed by atoms with Crippen molar-refractivity contribution in [2.24, 2.45) is 0 Å². The maximum atomic E-state index is 6.01. The first-order valence-electron chi connectivity index (χ1n) is 5.21. The second kappa shape index (κ2) is 8.03. The van der Waals surface area contributed by atoms with Gasteiger partial charge < -0.3 is 0 Å². The Morgan fingerprint density at radius 1 is 1.14 bits per heavy atom. The van der Waals surface area contributed by atoms with E-state index in [-0.39, 0.29) is 5.54 Å². The Morgan fingerprint density at radius 3 is 2.21 bits per heavy atom. The molecule has 4 heteroatoms. The van der Waals surface area contributed by atoms with Gasteiger partial charge in [-0.3, -0.25) is 0 Å². The van der Waals surface area contributed by atoms with E-state index in [1.807, 2.05) is 19.1 Å². The average Bonchev–Trinajstić information content (AvgIpc) is 2.08. The Bertz CT molecular complexity index is 163. The molecule has 0 nitrogen and oxygen atoms in total. The van der Waals surface area contributed by atoms with Crippen molar-refractivity contribution < 1.29 is 0 Å². The van der Waals surface area contributed by atoms with Crippen molar-refractivity contribution in [3.8, 4) is 0 Å². The lowest BCUT2D eigenvalue weighted by Gasteiger charge is -2.18. The minimum absolute atomic E-state index is 0.189. The van der Waals surface area contributed by atoms with E-state index in [0.29, 0.717) is 0 Å². The molecule has 0 heterocycles. The van der Waals surface area contributed by atoms with E-state index in [4.69, 9.17) is 33.2 Å². The summed E-state index contributed by atoms with van der Waals surface area (Å²) in [5, 5.41) is 0. The normalized spacial score (nSPS) is 14.9. The van der Waals surface area contributed by atoms with Crippen LogP contribution in [0.15, 0.2) is 12.2 Å². The van der Waals surface area contributed by atoms with E-state index in [1.54, 1.807) is 0 Å². The summed E-state index contributed by atoms with van der Waals surface area (Å²) in [7, 11) is 0. The maximum absolute atomic E-state index is 6.01. The minimum atomic E-state index is -2.54. The predicted molar refractivity (Wildman–Crippen MR) is 70.6 cm³/mol. The first-order valence-corrected chi connectivity index (χ1v) is 10.3. The maximum Gasteiger partial charge on any atom is 0.347 e. The van der Waals surface area contributed by atoms with Crippen molar-refractivity contribution >= 4 is 39.2 Å². The number of hydrogen-bond donors (Lipinski definition) is 0. The van der Waals surface area contributed by atoms with Crippen molar-refractivity contribution in [1.29, 1.82) is 0 Å². The lowest BCUT2D eigenvalue weighted by molar-refractivity contribution is 0.635. The van der Waals surface area contributed by atoms with Crippen LogP contribution in [0, 0.1) is 0 Å². The molecule has 0 spiro atoms. The van der Waals surface area contributed by atoms with E-state index >= 15 is 0 Å². The fourth-order valence-corrected chi connectivity index (χ4v) is 3.97. The summed E-state index contributed by atoms with van der Waals surface area (Å²) in [6.07, 6.45) is 10.0. The van der Waals surface area contributed by atoms with Gasteiger partial charge in [0.2, 0.25) is 0 Å². The summed E-state index contributed by atoms with van der Waals surface area (Å²) in [4.78, 5) is 0. The molecule has 0 saturated carbocycles. The number of rotatable bonds is 7. The quantitative estimate of drug-likeness (QED) is 0.247. The first-order chi connectivity index (χ1) is 6.52. The molecule has 0 bridgehead atoms. The second-order valence-corrected chi connectivity index (χ2v) is 12.5. The SMILES string of the molecule is C/C=C\C(CCCCCC)[Si](Cl)(Cl)Cl. The zero-order valence-electron chi connectivity index (χ0n) is 8.90. The monoisotopic (exact) mass is 272 g/mol. The third kappa shape index (κ3) is 7.16. The second-order valence-electron chi connectivity index (χ2n) is 3.52. The first kappa shape index (κ1) is 14.8. The van der Waals surface area contributed by atoms with Crippen molar-refractivity contribution in [3.05, 3.63) is 12.2 Å². The van der Waals surface area contributed by atoms with Crippen LogP contribution in [0.5, 0.6) is 0 Å². The fourth-order valence-electron chi connectivity index (χ4n) is 1.39. The standard InChI is InChI=1S/C10H19Cl3Si/c1-3-5-6-7-9-10(8-4-2)14(11,12)13/h4,8,10H,3,5-7,9H2,1-2H3/b8-4-. The van der Waals surface area contributed by atoms with Crippen LogP contribution in [-0.4, -0.2) is 6.00 Å². The van der Waals surface area contributed by atoms with Crippen LogP contribution in [0.25, 0.3) is 0 Å². The highest BCUT2D eigenvalue weighted by molar-refractivity contribution is 7.65. The van der Waals surface area contributed by atoms with Gasteiger partial charge in [-0.1, -0.05) is 44.8 Å². The highest BCUT2D eigenvalue weighted by atomic mass is 35.8. The molecule has 0 aliphatic carbocycles. The van der Waals surface area contributed by atoms with Gasteiger partial charge in [0.1, 0.15) is 0 Å². The van der Waals surface area contributed by atoms with E-state index in [1.165, 1.54) is 25.7 Å². The van der Waals surface area contributed by atoms with Crippen LogP contribution in [0.1, 0.15) is 46.0 Å². The van der Waals surface area contributed by atoms with Gasteiger partial charge in [0.25, 0.3) is 0 Å². The Balaban J connectivity index is 3.87. The zero-order chi connectivity index (χ0) is 11.0. The van der Waals surface area contributed by atoms with Gasteiger partial charge in [0.05, 0.1) is 0 Å². The van der Waals surface area contributed by atoms with Crippen molar-refractivity contribution in [2.75, 3.05) is 0 Å². The average molecular weight is 274 g/mol. The van der Waals surface area contributed by atoms with E-state index in [9.17, 15) is 0 Å². The van der Waals surface area contributed by atoms with E-state index in [2.05, 4.69) is 6.92 Å². The molecule has 1 atom stereocenters. The summed E-state index contributed by atoms with van der Waals surface area (Å²) in [6.45, 7) is 4.18. The van der Waals surface area contributed by atoms with Crippen LogP contribution in [0.3, 0.4) is 0 Å². The lowest BCUT2D eigenvalue weighted by Crippen LogP contribution is -2.17. The molecule has 0 aromatic carbocycles. The van der Waals surface area contributed by atoms with Crippen LogP contribution >= 0.6 is 33.2 Å². The van der Waals surface area contributed by atoms with Gasteiger partial charge in [-0.25, -0.2) is 0 Å². The molecular weight excluding hydrogens is 255 g/mol. The Hall–Kier alpha value is 0.827. The molecule has 0 radical (unpaired) electrons. The summed E-state index contributed by atoms with van der Waals surface area (Å²) < 4.78 is 0. The highest BCUT2D eigenvalue weighted by Crippen LogP contribution is 2.38. The smallest absolute Gasteiger partial charge is 0.125 e. The molecule has 0 fully saturated rings. The van der Waals surface area contributed by atoms with Crippen LogP contribution in [0.2, 0.25) is 5.54 Å². The molecule has 0 saturated heterocycles. The number of unbranched alkanes of at least 4 members (excludes halogenated alkanes) is 3. The minimum Gasteiger partial charge on any atom is -0.125 e. The predicted octanol–water partition coefficient (Wildman–Crippen LogP) is 5.56. The Morgan fingerprint density at radius 2 is 1.79 bits per heavy atom. The topological polar surface area (TPSA) is 0 Å². The molecule has 0 rings (SSSR count). The molecule has 0 amide bonds. The number of halogens is 3. The molecule has 0 aliphatic heterocycles. The largest absolute Gasteiger partial charge is 0.347 e. The van der Waals surface area contributed by atoms with E-state index in [0.717, 1.165) is 6.42 Å². The van der Waals surface area contributed by atoms with Crippen LogP contribution in [0.4, 0.5) is 0 Å². The Kier molecular flexibility index (Phi) is 8.51. The molecule has 1 unspecified atom stereocenters. The van der Waals surface area contributed by atoms with Crippen molar-refractivity contribution in [3.63, 3.8) is 0 Å². The molecule has 0 N–H and O–H groups in total. The summed E-state index contributed by atoms with van der Waals surface area (Å²) in [5.41, 5.74) is 0.189. The molecule has 84 valence electrons. The summed E-state index contributed by atoms with van der Waals surface area (Å²) in [5.74, 6) is 0. The van der Waals surface area contributed by atoms with Crippen LogP contribution in [-0.2, 0) is 0 Å². The number of hydrogen-bond acceptors (Lipinski definition) is 0.